The van der Waals surface area contributed by atoms with Gasteiger partial charge in [-0.2, -0.15) is 0 Å². The average Bonchev–Trinajstić information content (AvgIpc) is 3.70. The van der Waals surface area contributed by atoms with Gasteiger partial charge >= 0.3 is 5.97 Å². The predicted octanol–water partition coefficient (Wildman–Crippen LogP) is 6.96. The topological polar surface area (TPSA) is 71.3 Å². The van der Waals surface area contributed by atoms with Crippen LogP contribution in [0.1, 0.15) is 55.4 Å². The van der Waals surface area contributed by atoms with Gasteiger partial charge < -0.3 is 15.0 Å². The van der Waals surface area contributed by atoms with Crippen LogP contribution in [0.5, 0.6) is 0 Å². The maximum absolute atomic E-state index is 13.1. The van der Waals surface area contributed by atoms with Gasteiger partial charge in [-0.25, -0.2) is 4.79 Å². The Bertz CT molecular complexity index is 1700. The van der Waals surface area contributed by atoms with Gasteiger partial charge in [-0.3, -0.25) is 4.79 Å². The summed E-state index contributed by atoms with van der Waals surface area (Å²) in [6.45, 7) is 4.90. The highest BCUT2D eigenvalue weighted by molar-refractivity contribution is 5.99. The van der Waals surface area contributed by atoms with Crippen molar-refractivity contribution >= 4 is 22.8 Å². The average molecular weight is 515 g/mol. The molecule has 2 unspecified atom stereocenters. The van der Waals surface area contributed by atoms with Crippen LogP contribution in [0.15, 0.2) is 97.1 Å². The van der Waals surface area contributed by atoms with Crippen molar-refractivity contribution in [3.8, 4) is 11.1 Å². The van der Waals surface area contributed by atoms with Crippen LogP contribution in [0.3, 0.4) is 0 Å². The number of carboxylic acids is 1. The Balaban J connectivity index is 1.21. The fourth-order valence-electron chi connectivity index (χ4n) is 5.56. The number of aromatic carboxylic acids is 1. The summed E-state index contributed by atoms with van der Waals surface area (Å²) >= 11 is 0. The van der Waals surface area contributed by atoms with Crippen LogP contribution in [-0.4, -0.2) is 27.6 Å². The lowest BCUT2D eigenvalue weighted by molar-refractivity contribution is 0.0697. The summed E-state index contributed by atoms with van der Waals surface area (Å²) in [6.07, 6.45) is 0.979. The summed E-state index contributed by atoms with van der Waals surface area (Å²) in [6, 6.07) is 31.6. The number of carbonyl (C=O) groups excluding carboxylic acids is 1. The normalized spacial score (nSPS) is 16.3. The molecule has 5 aromatic rings. The molecule has 1 fully saturated rings. The second kappa shape index (κ2) is 9.91. The molecular weight excluding hydrogens is 484 g/mol. The van der Waals surface area contributed by atoms with Gasteiger partial charge in [0, 0.05) is 40.7 Å². The van der Waals surface area contributed by atoms with E-state index in [1.165, 1.54) is 11.1 Å². The minimum Gasteiger partial charge on any atom is -0.478 e. The maximum atomic E-state index is 13.1. The molecule has 6 rings (SSSR count). The van der Waals surface area contributed by atoms with Crippen molar-refractivity contribution in [1.29, 1.82) is 0 Å². The van der Waals surface area contributed by atoms with E-state index in [4.69, 9.17) is 0 Å². The third-order valence-corrected chi connectivity index (χ3v) is 8.00. The highest BCUT2D eigenvalue weighted by Gasteiger charge is 2.39. The van der Waals surface area contributed by atoms with Gasteiger partial charge in [0.1, 0.15) is 0 Å². The third-order valence-electron chi connectivity index (χ3n) is 8.00. The van der Waals surface area contributed by atoms with Gasteiger partial charge in [-0.15, -0.1) is 0 Å². The van der Waals surface area contributed by atoms with Crippen LogP contribution < -0.4 is 5.32 Å². The second-order valence-electron chi connectivity index (χ2n) is 10.4. The number of aromatic nitrogens is 1. The molecule has 1 amide bonds. The Morgan fingerprint density at radius 1 is 0.897 bits per heavy atom. The number of carbonyl (C=O) groups is 2. The van der Waals surface area contributed by atoms with E-state index in [-0.39, 0.29) is 11.9 Å². The molecular formula is C34H30N2O3. The lowest BCUT2D eigenvalue weighted by atomic mass is 9.99. The fourth-order valence-corrected chi connectivity index (χ4v) is 5.56. The molecule has 1 saturated carbocycles. The number of aryl methyl sites for hydroxylation is 1. The van der Waals surface area contributed by atoms with Gasteiger partial charge in [0.25, 0.3) is 5.91 Å². The van der Waals surface area contributed by atoms with Crippen LogP contribution in [0.4, 0.5) is 0 Å². The number of rotatable bonds is 7. The zero-order valence-electron chi connectivity index (χ0n) is 22.0. The van der Waals surface area contributed by atoms with E-state index in [9.17, 15) is 14.7 Å². The maximum Gasteiger partial charge on any atom is 0.336 e. The van der Waals surface area contributed by atoms with Crippen molar-refractivity contribution in [2.75, 3.05) is 0 Å². The van der Waals surface area contributed by atoms with E-state index >= 15 is 0 Å². The molecule has 0 radical (unpaired) electrons. The first-order valence-corrected chi connectivity index (χ1v) is 13.3. The van der Waals surface area contributed by atoms with Crippen LogP contribution in [0, 0.1) is 13.8 Å². The molecule has 1 heterocycles. The van der Waals surface area contributed by atoms with E-state index in [0.717, 1.165) is 34.1 Å². The smallest absolute Gasteiger partial charge is 0.336 e. The van der Waals surface area contributed by atoms with Crippen molar-refractivity contribution in [3.63, 3.8) is 0 Å². The number of carboxylic acid groups (broad SMARTS) is 1. The molecule has 0 saturated heterocycles. The predicted molar refractivity (Wildman–Crippen MR) is 154 cm³/mol. The van der Waals surface area contributed by atoms with Gasteiger partial charge in [0.15, 0.2) is 0 Å². The van der Waals surface area contributed by atoms with Crippen LogP contribution in [-0.2, 0) is 6.54 Å². The zero-order valence-corrected chi connectivity index (χ0v) is 22.0. The summed E-state index contributed by atoms with van der Waals surface area (Å²) < 4.78 is 2.28. The standard InChI is InChI=1S/C34H30N2O3/c1-21-22(2)36(20-23-12-14-25(15-13-23)27-10-6-7-11-28(27)34(38)39)32-17-16-26(18-29(21)32)33(37)35-31-19-30(31)24-8-4-3-5-9-24/h3-18,30-31H,19-20H2,1-2H3,(H,35,37)(H,38,39). The lowest BCUT2D eigenvalue weighted by Gasteiger charge is -2.11. The van der Waals surface area contributed by atoms with Gasteiger partial charge in [-0.1, -0.05) is 72.8 Å². The van der Waals surface area contributed by atoms with Crippen molar-refractivity contribution in [2.45, 2.75) is 38.8 Å². The fraction of sp³-hybridized carbons (Fsp3) is 0.176. The first-order valence-electron chi connectivity index (χ1n) is 13.3. The quantitative estimate of drug-likeness (QED) is 0.247. The Hall–Kier alpha value is -4.64. The SMILES string of the molecule is Cc1c(C)n(Cc2ccc(-c3ccccc3C(=O)O)cc2)c2ccc(C(=O)NC3CC3c3ccccc3)cc12. The highest BCUT2D eigenvalue weighted by atomic mass is 16.4. The zero-order chi connectivity index (χ0) is 27.1. The number of amides is 1. The molecule has 1 aliphatic rings. The van der Waals surface area contributed by atoms with Gasteiger partial charge in [-0.05, 0) is 72.4 Å². The molecule has 0 aliphatic heterocycles. The minimum absolute atomic E-state index is 0.0256. The molecule has 5 heteroatoms. The van der Waals surface area contributed by atoms with Crippen molar-refractivity contribution in [2.24, 2.45) is 0 Å². The molecule has 0 bridgehead atoms. The van der Waals surface area contributed by atoms with Crippen molar-refractivity contribution in [1.82, 2.24) is 9.88 Å². The van der Waals surface area contributed by atoms with Crippen LogP contribution in [0.2, 0.25) is 0 Å². The molecule has 1 aliphatic carbocycles. The molecule has 5 nitrogen and oxygen atoms in total. The molecule has 0 spiro atoms. The van der Waals surface area contributed by atoms with E-state index in [0.29, 0.717) is 29.2 Å². The third kappa shape index (κ3) is 4.72. The largest absolute Gasteiger partial charge is 0.478 e. The van der Waals surface area contributed by atoms with Crippen LogP contribution in [0.25, 0.3) is 22.0 Å². The Morgan fingerprint density at radius 2 is 1.62 bits per heavy atom. The van der Waals surface area contributed by atoms with Crippen molar-refractivity contribution < 1.29 is 14.7 Å². The molecule has 4 aromatic carbocycles. The molecule has 1 aromatic heterocycles. The number of nitrogens with one attached hydrogen (secondary N) is 1. The van der Waals surface area contributed by atoms with Crippen LogP contribution >= 0.6 is 0 Å². The number of nitrogens with zero attached hydrogens (tertiary/aromatic N) is 1. The monoisotopic (exact) mass is 514 g/mol. The summed E-state index contributed by atoms with van der Waals surface area (Å²) in [5.41, 5.74) is 8.39. The Kier molecular flexibility index (Phi) is 6.27. The number of hydrogen-bond acceptors (Lipinski definition) is 2. The van der Waals surface area contributed by atoms with E-state index < -0.39 is 5.97 Å². The first-order chi connectivity index (χ1) is 18.9. The van der Waals surface area contributed by atoms with Crippen molar-refractivity contribution in [3.05, 3.63) is 131 Å². The summed E-state index contributed by atoms with van der Waals surface area (Å²) in [4.78, 5) is 24.7. The lowest BCUT2D eigenvalue weighted by Crippen LogP contribution is -2.26. The second-order valence-corrected chi connectivity index (χ2v) is 10.4. The molecule has 2 N–H and O–H groups in total. The first kappa shape index (κ1) is 24.7. The molecule has 39 heavy (non-hydrogen) atoms. The number of hydrogen-bond donors (Lipinski definition) is 2. The van der Waals surface area contributed by atoms with Gasteiger partial charge in [0.05, 0.1) is 5.56 Å². The van der Waals surface area contributed by atoms with E-state index in [1.807, 2.05) is 60.7 Å². The summed E-state index contributed by atoms with van der Waals surface area (Å²) in [5, 5.41) is 13.8. The highest BCUT2D eigenvalue weighted by Crippen LogP contribution is 2.40. The van der Waals surface area contributed by atoms with E-state index in [1.54, 1.807) is 12.1 Å². The summed E-state index contributed by atoms with van der Waals surface area (Å²) in [7, 11) is 0. The molecule has 2 atom stereocenters. The number of fused-ring (bicyclic) bond motifs is 1. The summed E-state index contributed by atoms with van der Waals surface area (Å²) in [5.74, 6) is -0.559. The number of benzene rings is 4. The molecule has 194 valence electrons. The Labute approximate surface area is 227 Å². The van der Waals surface area contributed by atoms with Gasteiger partial charge in [0.2, 0.25) is 0 Å². The Morgan fingerprint density at radius 3 is 2.36 bits per heavy atom. The minimum atomic E-state index is -0.930. The van der Waals surface area contributed by atoms with E-state index in [2.05, 4.69) is 48.0 Å².